The third kappa shape index (κ3) is 8.41. The molecule has 2 atom stereocenters. The molecule has 1 heterocycles. The van der Waals surface area contributed by atoms with Gasteiger partial charge in [0.2, 0.25) is 5.91 Å². The summed E-state index contributed by atoms with van der Waals surface area (Å²) < 4.78 is 95.2. The molecular weight excluding hydrogens is 680 g/mol. The number of carboxylic acids is 1. The number of hydrogen-bond acceptors (Lipinski definition) is 5. The number of nitrogens with one attached hydrogen (secondary N) is 1. The number of halogens is 6. The van der Waals surface area contributed by atoms with Crippen molar-refractivity contribution in [3.63, 3.8) is 0 Å². The number of carboxylic acid groups (broad SMARTS) is 1. The van der Waals surface area contributed by atoms with Crippen molar-refractivity contribution in [2.75, 3.05) is 20.7 Å². The first-order chi connectivity index (χ1) is 23.7. The minimum absolute atomic E-state index is 0.136. The summed E-state index contributed by atoms with van der Waals surface area (Å²) in [4.78, 5) is 41.1. The van der Waals surface area contributed by atoms with Crippen LogP contribution in [0.4, 0.5) is 26.3 Å². The average molecular weight is 720 g/mol. The van der Waals surface area contributed by atoms with E-state index in [1.165, 1.54) is 13.8 Å². The van der Waals surface area contributed by atoms with Crippen LogP contribution in [-0.4, -0.2) is 52.7 Å². The maximum atomic E-state index is 16.5. The molecule has 0 aliphatic heterocycles. The fourth-order valence-corrected chi connectivity index (χ4v) is 6.23. The zero-order valence-corrected chi connectivity index (χ0v) is 29.0. The predicted molar refractivity (Wildman–Crippen MR) is 178 cm³/mol. The Kier molecular flexibility index (Phi) is 11.4. The van der Waals surface area contributed by atoms with Gasteiger partial charge in [-0.2, -0.15) is 13.2 Å². The van der Waals surface area contributed by atoms with E-state index in [1.807, 2.05) is 4.90 Å². The lowest BCUT2D eigenvalue weighted by atomic mass is 9.89. The van der Waals surface area contributed by atoms with Gasteiger partial charge in [-0.15, -0.1) is 6.42 Å². The second-order valence-electron chi connectivity index (χ2n) is 13.6. The molecule has 1 aliphatic carbocycles. The number of aliphatic carboxylic acids is 1. The predicted octanol–water partition coefficient (Wildman–Crippen LogP) is 6.94. The Morgan fingerprint density at radius 2 is 1.69 bits per heavy atom. The second kappa shape index (κ2) is 14.8. The van der Waals surface area contributed by atoms with Gasteiger partial charge in [0.25, 0.3) is 5.56 Å². The molecule has 1 amide bonds. The SMILES string of the molecule is C#Cc1cc(-c2c(C)cc(F)cc2C)c(F)c([C@H](CC(=O)O)NC(=O)[C@@H](CC(C)C)n2cc(OCC3(N(C)C)CC3)c(C(F)(F)F)cc2=O)c1F. The zero-order valence-electron chi connectivity index (χ0n) is 29.0. The average Bonchev–Trinajstić information content (AvgIpc) is 3.80. The van der Waals surface area contributed by atoms with Gasteiger partial charge in [0, 0.05) is 17.2 Å². The first kappa shape index (κ1) is 39.0. The number of aromatic nitrogens is 1. The molecule has 0 bridgehead atoms. The van der Waals surface area contributed by atoms with E-state index in [1.54, 1.807) is 27.9 Å². The van der Waals surface area contributed by atoms with Crippen molar-refractivity contribution in [3.05, 3.63) is 86.1 Å². The summed E-state index contributed by atoms with van der Waals surface area (Å²) in [6.07, 6.45) is 1.47. The van der Waals surface area contributed by atoms with Gasteiger partial charge in [-0.1, -0.05) is 19.8 Å². The number of alkyl halides is 3. The Bertz CT molecular complexity index is 1920. The Labute approximate surface area is 291 Å². The van der Waals surface area contributed by atoms with Crippen molar-refractivity contribution in [2.24, 2.45) is 5.92 Å². The topological polar surface area (TPSA) is 101 Å². The van der Waals surface area contributed by atoms with Crippen molar-refractivity contribution in [2.45, 2.75) is 77.2 Å². The monoisotopic (exact) mass is 719 g/mol. The van der Waals surface area contributed by atoms with Crippen LogP contribution in [0.25, 0.3) is 11.1 Å². The van der Waals surface area contributed by atoms with Gasteiger partial charge in [-0.25, -0.2) is 13.2 Å². The number of benzene rings is 2. The summed E-state index contributed by atoms with van der Waals surface area (Å²) in [7, 11) is 3.52. The largest absolute Gasteiger partial charge is 0.489 e. The number of hydrogen-bond donors (Lipinski definition) is 2. The van der Waals surface area contributed by atoms with E-state index in [0.29, 0.717) is 18.9 Å². The molecule has 0 unspecified atom stereocenters. The van der Waals surface area contributed by atoms with Crippen LogP contribution in [0.2, 0.25) is 0 Å². The van der Waals surface area contributed by atoms with E-state index >= 15 is 8.78 Å². The van der Waals surface area contributed by atoms with Crippen LogP contribution < -0.4 is 15.6 Å². The highest BCUT2D eigenvalue weighted by Crippen LogP contribution is 2.42. The van der Waals surface area contributed by atoms with E-state index in [4.69, 9.17) is 11.2 Å². The summed E-state index contributed by atoms with van der Waals surface area (Å²) in [5.74, 6) is -4.85. The van der Waals surface area contributed by atoms with Crippen LogP contribution >= 0.6 is 0 Å². The Hall–Kier alpha value is -4.77. The highest BCUT2D eigenvalue weighted by Gasteiger charge is 2.46. The molecule has 3 aromatic rings. The summed E-state index contributed by atoms with van der Waals surface area (Å²) in [6, 6.07) is 0.109. The molecule has 8 nitrogen and oxygen atoms in total. The van der Waals surface area contributed by atoms with Crippen LogP contribution in [0.1, 0.15) is 79.4 Å². The van der Waals surface area contributed by atoms with Crippen LogP contribution in [0.3, 0.4) is 0 Å². The number of ether oxygens (including phenoxy) is 1. The Morgan fingerprint density at radius 1 is 1.08 bits per heavy atom. The zero-order chi connectivity index (χ0) is 38.2. The fraction of sp³-hybridized carbons (Fsp3) is 0.432. The molecule has 1 aliphatic rings. The van der Waals surface area contributed by atoms with Gasteiger partial charge in [0.05, 0.1) is 29.8 Å². The van der Waals surface area contributed by atoms with Gasteiger partial charge in [-0.3, -0.25) is 19.0 Å². The molecule has 1 aromatic heterocycles. The first-order valence-corrected chi connectivity index (χ1v) is 16.1. The van der Waals surface area contributed by atoms with Gasteiger partial charge >= 0.3 is 12.1 Å². The van der Waals surface area contributed by atoms with E-state index in [9.17, 15) is 37.1 Å². The number of pyridine rings is 1. The molecule has 2 N–H and O–H groups in total. The van der Waals surface area contributed by atoms with Crippen LogP contribution in [0.5, 0.6) is 5.75 Å². The number of terminal acetylenes is 1. The van der Waals surface area contributed by atoms with E-state index in [-0.39, 0.29) is 41.2 Å². The summed E-state index contributed by atoms with van der Waals surface area (Å²) in [6.45, 7) is 6.18. The summed E-state index contributed by atoms with van der Waals surface area (Å²) in [5, 5.41) is 12.1. The summed E-state index contributed by atoms with van der Waals surface area (Å²) >= 11 is 0. The summed E-state index contributed by atoms with van der Waals surface area (Å²) in [5.41, 5.74) is -4.02. The van der Waals surface area contributed by atoms with Gasteiger partial charge in [0.15, 0.2) is 0 Å². The molecule has 274 valence electrons. The number of carbonyl (C=O) groups is 2. The first-order valence-electron chi connectivity index (χ1n) is 16.1. The van der Waals surface area contributed by atoms with Crippen LogP contribution in [-0.2, 0) is 15.8 Å². The lowest BCUT2D eigenvalue weighted by Gasteiger charge is -2.28. The minimum Gasteiger partial charge on any atom is -0.489 e. The number of nitrogens with zero attached hydrogens (tertiary/aromatic N) is 2. The quantitative estimate of drug-likeness (QED) is 0.147. The van der Waals surface area contributed by atoms with Crippen LogP contribution in [0, 0.1) is 49.6 Å². The lowest BCUT2D eigenvalue weighted by Crippen LogP contribution is -2.41. The maximum absolute atomic E-state index is 16.5. The molecule has 2 aromatic carbocycles. The number of amides is 1. The number of carbonyl (C=O) groups excluding carboxylic acids is 1. The molecule has 0 spiro atoms. The molecule has 1 saturated carbocycles. The highest BCUT2D eigenvalue weighted by atomic mass is 19.4. The lowest BCUT2D eigenvalue weighted by molar-refractivity contribution is -0.139. The molecule has 51 heavy (non-hydrogen) atoms. The number of aryl methyl sites for hydroxylation is 2. The molecule has 0 saturated heterocycles. The molecule has 0 radical (unpaired) electrons. The highest BCUT2D eigenvalue weighted by molar-refractivity contribution is 5.82. The van der Waals surface area contributed by atoms with Crippen molar-refractivity contribution in [3.8, 4) is 29.2 Å². The smallest absolute Gasteiger partial charge is 0.420 e. The van der Waals surface area contributed by atoms with Gasteiger partial charge in [-0.05, 0) is 88.0 Å². The maximum Gasteiger partial charge on any atom is 0.420 e. The Balaban J connectivity index is 1.85. The normalized spacial score (nSPS) is 15.0. The second-order valence-corrected chi connectivity index (χ2v) is 13.6. The third-order valence-corrected chi connectivity index (χ3v) is 9.16. The van der Waals surface area contributed by atoms with Crippen molar-refractivity contribution >= 4 is 11.9 Å². The number of rotatable bonds is 13. The van der Waals surface area contributed by atoms with Gasteiger partial charge in [0.1, 0.15) is 41.4 Å². The van der Waals surface area contributed by atoms with E-state index in [0.717, 1.165) is 29.0 Å². The minimum atomic E-state index is -4.99. The van der Waals surface area contributed by atoms with Crippen molar-refractivity contribution < 1.29 is 45.8 Å². The van der Waals surface area contributed by atoms with E-state index in [2.05, 4.69) is 11.2 Å². The van der Waals surface area contributed by atoms with Crippen molar-refractivity contribution in [1.29, 1.82) is 0 Å². The van der Waals surface area contributed by atoms with E-state index < -0.39 is 87.5 Å². The molecule has 4 rings (SSSR count). The molecule has 14 heteroatoms. The Morgan fingerprint density at radius 3 is 2.18 bits per heavy atom. The third-order valence-electron chi connectivity index (χ3n) is 9.16. The number of likely N-dealkylation sites (N-methyl/N-ethyl adjacent to an activating group) is 1. The fourth-order valence-electron chi connectivity index (χ4n) is 6.23. The molecule has 1 fully saturated rings. The molecular formula is C37H39F6N3O5. The van der Waals surface area contributed by atoms with Gasteiger partial charge < -0.3 is 20.1 Å². The standard InChI is InChI=1S/C37H39F6N3O5/c1-8-22-14-24(31-20(4)12-23(38)13-21(31)5)34(40)32(33(22)39)26(16-30(48)49)44-35(50)27(11-19(2)3)46-17-28(25(15-29(46)47)37(41,42)43)51-18-36(9-10-36)45(6)7/h1,12-15,17,19,26-27H,9-11,16,18H2,2-7H3,(H,44,50)(H,48,49)/t26-,27+/m0/s1. The van der Waals surface area contributed by atoms with Crippen LogP contribution in [0.15, 0.2) is 35.3 Å². The van der Waals surface area contributed by atoms with Crippen molar-refractivity contribution in [1.82, 2.24) is 14.8 Å².